The molecule has 4 heteroatoms. The number of H-pyrrole nitrogens is 1. The lowest BCUT2D eigenvalue weighted by Crippen LogP contribution is -2.45. The zero-order valence-corrected chi connectivity index (χ0v) is 12.3. The van der Waals surface area contributed by atoms with Gasteiger partial charge in [-0.15, -0.1) is 0 Å². The van der Waals surface area contributed by atoms with Crippen LogP contribution in [0.3, 0.4) is 0 Å². The molecule has 0 bridgehead atoms. The second kappa shape index (κ2) is 5.49. The summed E-state index contributed by atoms with van der Waals surface area (Å²) < 4.78 is 0. The number of hydrogen-bond donors (Lipinski definition) is 1. The van der Waals surface area contributed by atoms with Gasteiger partial charge in [-0.2, -0.15) is 0 Å². The molecule has 20 heavy (non-hydrogen) atoms. The number of aromatic nitrogens is 1. The first-order valence-electron chi connectivity index (χ1n) is 6.86. The standard InChI is InChI=1S/C16H20N2O2/c1-10(2)18(11(3)4)16(20)15(19)13-9-17-14-8-6-5-7-12(13)14/h5-11,17H,1-4H3. The maximum atomic E-state index is 12.5. The second-order valence-corrected chi connectivity index (χ2v) is 5.48. The number of carbonyl (C=O) groups is 2. The Morgan fingerprint density at radius 1 is 1.05 bits per heavy atom. The highest BCUT2D eigenvalue weighted by atomic mass is 16.2. The smallest absolute Gasteiger partial charge is 0.295 e. The molecule has 2 aromatic rings. The number of benzene rings is 1. The van der Waals surface area contributed by atoms with Crippen molar-refractivity contribution in [2.45, 2.75) is 39.8 Å². The summed E-state index contributed by atoms with van der Waals surface area (Å²) in [5.41, 5.74) is 1.31. The molecule has 0 radical (unpaired) electrons. The zero-order chi connectivity index (χ0) is 14.9. The fraction of sp³-hybridized carbons (Fsp3) is 0.375. The van der Waals surface area contributed by atoms with E-state index in [2.05, 4.69) is 4.98 Å². The molecule has 0 unspecified atom stereocenters. The van der Waals surface area contributed by atoms with E-state index in [1.165, 1.54) is 0 Å². The fourth-order valence-corrected chi connectivity index (χ4v) is 2.56. The second-order valence-electron chi connectivity index (χ2n) is 5.48. The Kier molecular flexibility index (Phi) is 3.93. The average molecular weight is 272 g/mol. The van der Waals surface area contributed by atoms with Gasteiger partial charge in [-0.1, -0.05) is 18.2 Å². The van der Waals surface area contributed by atoms with Crippen LogP contribution >= 0.6 is 0 Å². The van der Waals surface area contributed by atoms with Crippen LogP contribution in [0.25, 0.3) is 10.9 Å². The minimum absolute atomic E-state index is 0.00310. The minimum Gasteiger partial charge on any atom is -0.360 e. The van der Waals surface area contributed by atoms with Crippen LogP contribution in [-0.2, 0) is 4.79 Å². The van der Waals surface area contributed by atoms with Crippen molar-refractivity contribution in [1.29, 1.82) is 0 Å². The van der Waals surface area contributed by atoms with Crippen LogP contribution in [0, 0.1) is 0 Å². The van der Waals surface area contributed by atoms with Gasteiger partial charge >= 0.3 is 0 Å². The Hall–Kier alpha value is -2.10. The molecule has 0 aliphatic rings. The molecule has 1 amide bonds. The van der Waals surface area contributed by atoms with Crippen LogP contribution in [-0.4, -0.2) is 33.7 Å². The average Bonchev–Trinajstić information content (AvgIpc) is 2.80. The summed E-state index contributed by atoms with van der Waals surface area (Å²) in [7, 11) is 0. The number of Topliss-reactive ketones (excluding diaryl/α,β-unsaturated/α-hetero) is 1. The van der Waals surface area contributed by atoms with E-state index in [1.807, 2.05) is 52.0 Å². The molecular formula is C16H20N2O2. The lowest BCUT2D eigenvalue weighted by molar-refractivity contribution is -0.129. The molecule has 4 nitrogen and oxygen atoms in total. The molecular weight excluding hydrogens is 252 g/mol. The summed E-state index contributed by atoms with van der Waals surface area (Å²) >= 11 is 0. The maximum absolute atomic E-state index is 12.5. The quantitative estimate of drug-likeness (QED) is 0.687. The van der Waals surface area contributed by atoms with Crippen LogP contribution in [0.4, 0.5) is 0 Å². The number of amides is 1. The Morgan fingerprint density at radius 3 is 2.25 bits per heavy atom. The van der Waals surface area contributed by atoms with Crippen LogP contribution in [0.2, 0.25) is 0 Å². The number of para-hydroxylation sites is 1. The van der Waals surface area contributed by atoms with Crippen molar-refractivity contribution < 1.29 is 9.59 Å². The third-order valence-corrected chi connectivity index (χ3v) is 3.38. The summed E-state index contributed by atoms with van der Waals surface area (Å²) in [5, 5.41) is 0.790. The van der Waals surface area contributed by atoms with Crippen LogP contribution in [0.15, 0.2) is 30.5 Å². The Bertz CT molecular complexity index is 633. The Balaban J connectivity index is 2.38. The molecule has 106 valence electrons. The van der Waals surface area contributed by atoms with Crippen molar-refractivity contribution >= 4 is 22.6 Å². The third-order valence-electron chi connectivity index (χ3n) is 3.38. The van der Waals surface area contributed by atoms with E-state index in [9.17, 15) is 9.59 Å². The van der Waals surface area contributed by atoms with Gasteiger partial charge in [0.1, 0.15) is 0 Å². The molecule has 0 aliphatic carbocycles. The van der Waals surface area contributed by atoms with Crippen molar-refractivity contribution in [2.75, 3.05) is 0 Å². The van der Waals surface area contributed by atoms with E-state index in [0.717, 1.165) is 10.9 Å². The predicted molar refractivity (Wildman–Crippen MR) is 79.7 cm³/mol. The third kappa shape index (κ3) is 2.46. The van der Waals surface area contributed by atoms with Crippen LogP contribution in [0.5, 0.6) is 0 Å². The first-order valence-corrected chi connectivity index (χ1v) is 6.86. The number of ketones is 1. The van der Waals surface area contributed by atoms with Crippen molar-refractivity contribution in [1.82, 2.24) is 9.88 Å². The molecule has 0 spiro atoms. The SMILES string of the molecule is CC(C)N(C(=O)C(=O)c1c[nH]c2ccccc12)C(C)C. The monoisotopic (exact) mass is 272 g/mol. The molecule has 1 N–H and O–H groups in total. The molecule has 0 aliphatic heterocycles. The van der Waals surface area contributed by atoms with Gasteiger partial charge < -0.3 is 9.88 Å². The number of fused-ring (bicyclic) bond motifs is 1. The highest BCUT2D eigenvalue weighted by Crippen LogP contribution is 2.19. The van der Waals surface area contributed by atoms with Gasteiger partial charge in [0.15, 0.2) is 0 Å². The normalized spacial score (nSPS) is 11.3. The lowest BCUT2D eigenvalue weighted by atomic mass is 10.1. The van der Waals surface area contributed by atoms with Gasteiger partial charge in [0.05, 0.1) is 5.56 Å². The molecule has 1 aromatic heterocycles. The minimum atomic E-state index is -0.454. The van der Waals surface area contributed by atoms with Crippen molar-refractivity contribution in [3.63, 3.8) is 0 Å². The highest BCUT2D eigenvalue weighted by molar-refractivity contribution is 6.44. The van der Waals surface area contributed by atoms with Gasteiger partial charge in [-0.05, 0) is 33.8 Å². The van der Waals surface area contributed by atoms with Crippen molar-refractivity contribution in [3.8, 4) is 0 Å². The molecule has 0 fully saturated rings. The van der Waals surface area contributed by atoms with E-state index in [0.29, 0.717) is 5.56 Å². The van der Waals surface area contributed by atoms with E-state index in [-0.39, 0.29) is 12.1 Å². The fourth-order valence-electron chi connectivity index (χ4n) is 2.56. The molecule has 2 rings (SSSR count). The zero-order valence-electron chi connectivity index (χ0n) is 12.3. The highest BCUT2D eigenvalue weighted by Gasteiger charge is 2.28. The molecule has 0 saturated heterocycles. The van der Waals surface area contributed by atoms with E-state index >= 15 is 0 Å². The number of nitrogens with one attached hydrogen (secondary N) is 1. The molecule has 1 aromatic carbocycles. The number of hydrogen-bond acceptors (Lipinski definition) is 2. The summed E-state index contributed by atoms with van der Waals surface area (Å²) in [6.45, 7) is 7.67. The Labute approximate surface area is 118 Å². The lowest BCUT2D eigenvalue weighted by Gasteiger charge is -2.29. The first kappa shape index (κ1) is 14.3. The van der Waals surface area contributed by atoms with Gasteiger partial charge in [0, 0.05) is 29.2 Å². The first-order chi connectivity index (χ1) is 9.43. The number of nitrogens with zero attached hydrogens (tertiary/aromatic N) is 1. The molecule has 1 heterocycles. The van der Waals surface area contributed by atoms with Crippen molar-refractivity contribution in [3.05, 3.63) is 36.0 Å². The summed E-state index contributed by atoms with van der Waals surface area (Å²) in [6, 6.07) is 7.48. The predicted octanol–water partition coefficient (Wildman–Crippen LogP) is 3.00. The molecule has 0 saturated carbocycles. The summed E-state index contributed by atoms with van der Waals surface area (Å²) in [6.07, 6.45) is 1.61. The summed E-state index contributed by atoms with van der Waals surface area (Å²) in [5.74, 6) is -0.899. The number of aromatic amines is 1. The number of carbonyl (C=O) groups excluding carboxylic acids is 2. The topological polar surface area (TPSA) is 53.2 Å². The van der Waals surface area contributed by atoms with E-state index in [1.54, 1.807) is 11.1 Å². The van der Waals surface area contributed by atoms with Crippen molar-refractivity contribution in [2.24, 2.45) is 0 Å². The van der Waals surface area contributed by atoms with E-state index < -0.39 is 11.7 Å². The van der Waals surface area contributed by atoms with Gasteiger partial charge in [0.2, 0.25) is 0 Å². The van der Waals surface area contributed by atoms with Gasteiger partial charge in [-0.25, -0.2) is 0 Å². The van der Waals surface area contributed by atoms with Gasteiger partial charge in [0.25, 0.3) is 11.7 Å². The van der Waals surface area contributed by atoms with Gasteiger partial charge in [-0.3, -0.25) is 9.59 Å². The van der Waals surface area contributed by atoms with E-state index in [4.69, 9.17) is 0 Å². The largest absolute Gasteiger partial charge is 0.360 e. The van der Waals surface area contributed by atoms with Crippen LogP contribution < -0.4 is 0 Å². The van der Waals surface area contributed by atoms with Crippen LogP contribution in [0.1, 0.15) is 38.1 Å². The number of rotatable bonds is 4. The molecule has 0 atom stereocenters. The summed E-state index contributed by atoms with van der Waals surface area (Å²) in [4.78, 5) is 29.5. The Morgan fingerprint density at radius 2 is 1.65 bits per heavy atom. The maximum Gasteiger partial charge on any atom is 0.295 e.